The molecule has 4 rings (SSSR count). The van der Waals surface area contributed by atoms with E-state index in [0.717, 1.165) is 16.3 Å². The van der Waals surface area contributed by atoms with Crippen molar-refractivity contribution in [1.82, 2.24) is 10.9 Å². The van der Waals surface area contributed by atoms with Crippen LogP contribution >= 0.6 is 0 Å². The molecule has 7 nitrogen and oxygen atoms in total. The zero-order chi connectivity index (χ0) is 19.7. The van der Waals surface area contributed by atoms with Crippen LogP contribution in [-0.2, 0) is 11.2 Å². The smallest absolute Gasteiger partial charge is 0.305 e. The number of hydrazine groups is 1. The maximum Gasteiger partial charge on any atom is 0.305 e. The average molecular weight is 378 g/mol. The molecule has 7 heteroatoms. The molecular formula is C21H18N2O5. The van der Waals surface area contributed by atoms with E-state index < -0.39 is 5.91 Å². The molecule has 2 N–H and O–H groups in total. The highest BCUT2D eigenvalue weighted by Gasteiger charge is 2.18. The van der Waals surface area contributed by atoms with Crippen LogP contribution in [0.15, 0.2) is 57.6 Å². The van der Waals surface area contributed by atoms with E-state index in [9.17, 15) is 9.59 Å². The summed E-state index contributed by atoms with van der Waals surface area (Å²) < 4.78 is 16.2. The molecule has 0 aliphatic heterocycles. The molecule has 0 aliphatic rings. The topological polar surface area (TPSA) is 93.7 Å². The highest BCUT2D eigenvalue weighted by atomic mass is 16.5. The molecule has 0 radical (unpaired) electrons. The number of carbonyl (C=O) groups is 2. The number of benzene rings is 2. The fourth-order valence-electron chi connectivity index (χ4n) is 3.12. The van der Waals surface area contributed by atoms with Gasteiger partial charge in [-0.15, -0.1) is 0 Å². The zero-order valence-electron chi connectivity index (χ0n) is 15.4. The van der Waals surface area contributed by atoms with Crippen LogP contribution in [0.2, 0.25) is 0 Å². The monoisotopic (exact) mass is 378 g/mol. The van der Waals surface area contributed by atoms with Crippen LogP contribution in [0.5, 0.6) is 5.75 Å². The van der Waals surface area contributed by atoms with Gasteiger partial charge in [0.15, 0.2) is 5.76 Å². The van der Waals surface area contributed by atoms with Gasteiger partial charge in [-0.1, -0.05) is 18.2 Å². The Morgan fingerprint density at radius 3 is 2.64 bits per heavy atom. The van der Waals surface area contributed by atoms with Crippen LogP contribution in [-0.4, -0.2) is 18.9 Å². The molecule has 0 spiro atoms. The number of rotatable bonds is 4. The second kappa shape index (κ2) is 7.11. The first-order valence-corrected chi connectivity index (χ1v) is 8.68. The Labute approximate surface area is 160 Å². The fraction of sp³-hybridized carbons (Fsp3) is 0.143. The molecule has 0 fully saturated rings. The van der Waals surface area contributed by atoms with Gasteiger partial charge in [-0.3, -0.25) is 20.4 Å². The quantitative estimate of drug-likeness (QED) is 0.530. The maximum atomic E-state index is 12.4. The van der Waals surface area contributed by atoms with Gasteiger partial charge in [0.05, 0.1) is 19.8 Å². The van der Waals surface area contributed by atoms with Crippen LogP contribution in [0.25, 0.3) is 21.9 Å². The van der Waals surface area contributed by atoms with Gasteiger partial charge in [0.1, 0.15) is 16.9 Å². The van der Waals surface area contributed by atoms with E-state index in [2.05, 4.69) is 10.9 Å². The lowest BCUT2D eigenvalue weighted by Crippen LogP contribution is -2.42. The lowest BCUT2D eigenvalue weighted by molar-refractivity contribution is -0.121. The Kier molecular flexibility index (Phi) is 4.49. The summed E-state index contributed by atoms with van der Waals surface area (Å²) in [5, 5.41) is 1.68. The Morgan fingerprint density at radius 2 is 1.86 bits per heavy atom. The van der Waals surface area contributed by atoms with Gasteiger partial charge < -0.3 is 13.6 Å². The molecule has 0 aliphatic carbocycles. The van der Waals surface area contributed by atoms with E-state index in [-0.39, 0.29) is 18.1 Å². The van der Waals surface area contributed by atoms with Crippen molar-refractivity contribution in [3.63, 3.8) is 0 Å². The van der Waals surface area contributed by atoms with Crippen molar-refractivity contribution in [2.75, 3.05) is 7.11 Å². The molecule has 2 aromatic heterocycles. The van der Waals surface area contributed by atoms with Gasteiger partial charge in [0.25, 0.3) is 0 Å². The maximum absolute atomic E-state index is 12.4. The predicted molar refractivity (Wildman–Crippen MR) is 103 cm³/mol. The molecule has 142 valence electrons. The third-order valence-electron chi connectivity index (χ3n) is 4.58. The summed E-state index contributed by atoms with van der Waals surface area (Å²) in [6.07, 6.45) is 1.58. The summed E-state index contributed by atoms with van der Waals surface area (Å²) in [7, 11) is 1.57. The molecule has 28 heavy (non-hydrogen) atoms. The van der Waals surface area contributed by atoms with Gasteiger partial charge in [0, 0.05) is 28.0 Å². The number of carbonyl (C=O) groups excluding carboxylic acids is 2. The molecule has 2 amide bonds. The second-order valence-corrected chi connectivity index (χ2v) is 6.35. The van der Waals surface area contributed by atoms with Gasteiger partial charge in [-0.05, 0) is 25.1 Å². The van der Waals surface area contributed by atoms with E-state index in [1.807, 2.05) is 24.3 Å². The number of hydrogen-bond acceptors (Lipinski definition) is 5. The molecule has 2 aromatic carbocycles. The molecule has 4 aromatic rings. The summed E-state index contributed by atoms with van der Waals surface area (Å²) in [4.78, 5) is 24.6. The van der Waals surface area contributed by atoms with E-state index >= 15 is 0 Å². The average Bonchev–Trinajstić information content (AvgIpc) is 3.27. The molecular weight excluding hydrogens is 360 g/mol. The minimum Gasteiger partial charge on any atom is -0.497 e. The van der Waals surface area contributed by atoms with Crippen LogP contribution in [0.1, 0.15) is 21.7 Å². The molecule has 0 saturated carbocycles. The Morgan fingerprint density at radius 1 is 1.04 bits per heavy atom. The largest absolute Gasteiger partial charge is 0.497 e. The van der Waals surface area contributed by atoms with Crippen LogP contribution in [0, 0.1) is 6.92 Å². The number of ether oxygens (including phenoxy) is 1. The van der Waals surface area contributed by atoms with Crippen molar-refractivity contribution in [2.24, 2.45) is 0 Å². The third-order valence-corrected chi connectivity index (χ3v) is 4.58. The highest BCUT2D eigenvalue weighted by molar-refractivity contribution is 5.99. The first-order chi connectivity index (χ1) is 13.6. The van der Waals surface area contributed by atoms with Crippen molar-refractivity contribution in [2.45, 2.75) is 13.3 Å². The Balaban J connectivity index is 1.43. The molecule has 0 unspecified atom stereocenters. The SMILES string of the molecule is COc1ccc2c(CC(=O)NNC(=O)c3oc4ccccc4c3C)coc2c1. The summed E-state index contributed by atoms with van der Waals surface area (Å²) in [6.45, 7) is 1.80. The second-order valence-electron chi connectivity index (χ2n) is 6.35. The van der Waals surface area contributed by atoms with E-state index in [4.69, 9.17) is 13.6 Å². The normalized spacial score (nSPS) is 10.9. The number of methoxy groups -OCH3 is 1. The third kappa shape index (κ3) is 3.18. The van der Waals surface area contributed by atoms with Crippen LogP contribution in [0.4, 0.5) is 0 Å². The van der Waals surface area contributed by atoms with Crippen LogP contribution < -0.4 is 15.6 Å². The Bertz CT molecular complexity index is 1190. The molecule has 0 atom stereocenters. The lowest BCUT2D eigenvalue weighted by Gasteiger charge is -2.06. The predicted octanol–water partition coefficient (Wildman–Crippen LogP) is 3.50. The summed E-state index contributed by atoms with van der Waals surface area (Å²) in [5.74, 6) is -0.0434. The number of nitrogens with one attached hydrogen (secondary N) is 2. The minimum atomic E-state index is -0.510. The van der Waals surface area contributed by atoms with Crippen LogP contribution in [0.3, 0.4) is 0 Å². The molecule has 2 heterocycles. The number of amides is 2. The van der Waals surface area contributed by atoms with Gasteiger partial charge in [-0.25, -0.2) is 0 Å². The summed E-state index contributed by atoms with van der Waals surface area (Å²) >= 11 is 0. The minimum absolute atomic E-state index is 0.0543. The standard InChI is InChI=1S/C21H18N2O5/c1-12-15-5-3-4-6-17(15)28-20(12)21(25)23-22-19(24)9-13-11-27-18-10-14(26-2)7-8-16(13)18/h3-8,10-11H,9H2,1-2H3,(H,22,24)(H,23,25). The number of furan rings is 2. The molecule has 0 saturated heterocycles. The van der Waals surface area contributed by atoms with Crippen molar-refractivity contribution in [3.05, 3.63) is 65.6 Å². The number of para-hydroxylation sites is 1. The van der Waals surface area contributed by atoms with Crippen molar-refractivity contribution in [1.29, 1.82) is 0 Å². The van der Waals surface area contributed by atoms with Gasteiger partial charge >= 0.3 is 5.91 Å². The summed E-state index contributed by atoms with van der Waals surface area (Å²) in [5.41, 5.74) is 7.49. The zero-order valence-corrected chi connectivity index (χ0v) is 15.4. The van der Waals surface area contributed by atoms with Crippen molar-refractivity contribution >= 4 is 33.8 Å². The fourth-order valence-corrected chi connectivity index (χ4v) is 3.12. The van der Waals surface area contributed by atoms with Gasteiger partial charge in [0.2, 0.25) is 5.91 Å². The molecule has 0 bridgehead atoms. The van der Waals surface area contributed by atoms with E-state index in [0.29, 0.717) is 22.5 Å². The van der Waals surface area contributed by atoms with Crippen molar-refractivity contribution < 1.29 is 23.2 Å². The van der Waals surface area contributed by atoms with E-state index in [1.54, 1.807) is 32.2 Å². The first kappa shape index (κ1) is 17.7. The summed E-state index contributed by atoms with van der Waals surface area (Å²) in [6, 6.07) is 12.8. The van der Waals surface area contributed by atoms with Gasteiger partial charge in [-0.2, -0.15) is 0 Å². The first-order valence-electron chi connectivity index (χ1n) is 8.68. The lowest BCUT2D eigenvalue weighted by atomic mass is 10.1. The number of hydrogen-bond donors (Lipinski definition) is 2. The number of fused-ring (bicyclic) bond motifs is 2. The highest BCUT2D eigenvalue weighted by Crippen LogP contribution is 2.26. The Hall–Kier alpha value is -3.74. The van der Waals surface area contributed by atoms with Crippen molar-refractivity contribution in [3.8, 4) is 5.75 Å². The van der Waals surface area contributed by atoms with E-state index in [1.165, 1.54) is 6.26 Å². The number of aryl methyl sites for hydroxylation is 1.